The zero-order valence-corrected chi connectivity index (χ0v) is 50.7. The van der Waals surface area contributed by atoms with E-state index in [2.05, 4.69) is 91.2 Å². The van der Waals surface area contributed by atoms with Crippen LogP contribution < -0.4 is 25.8 Å². The van der Waals surface area contributed by atoms with Gasteiger partial charge in [-0.15, -0.1) is 0 Å². The quantitative estimate of drug-likeness (QED) is 0.0263. The number of hydrogen-bond acceptors (Lipinski definition) is 20. The highest BCUT2D eigenvalue weighted by Crippen LogP contribution is 2.23. The predicted octanol–water partition coefficient (Wildman–Crippen LogP) is 3.66. The molecule has 3 aliphatic heterocycles. The molecule has 2 aromatic rings. The first kappa shape index (κ1) is 70.8. The molecule has 5 rings (SSSR count). The van der Waals surface area contributed by atoms with Crippen molar-refractivity contribution in [1.82, 2.24) is 55.4 Å². The van der Waals surface area contributed by atoms with Gasteiger partial charge in [-0.1, -0.05) is 69.7 Å². The molecule has 3 saturated heterocycles. The number of likely N-dealkylation sites (N-methyl/N-ethyl adjacent to an activating group) is 1. The van der Waals surface area contributed by atoms with Crippen LogP contribution >= 0.6 is 0 Å². The Morgan fingerprint density at radius 3 is 1.65 bits per heavy atom. The van der Waals surface area contributed by atoms with Gasteiger partial charge in [0, 0.05) is 130 Å². The normalized spacial score (nSPS) is 18.2. The van der Waals surface area contributed by atoms with Crippen LogP contribution in [0.2, 0.25) is 0 Å². The molecule has 27 heteroatoms. The standard InChI is InChI=1S/C59H99N13O14/c1-2-66-28-29-68(38-40-85-83)30-31-69(39-41-86-84)34-37-72(45-54(76)77)48(44-66)42-46-18-20-47(21-19-46)43-51-63-57(70-26-14-9-15-27-70)65-58(64-51)71-35-32-67(33-36-71)25-13-8-6-4-3-5-7-10-17-52(73)60-24-12-11-16-49(55(78)79)61-59(82)62-50(56(80)81)22-23-53(74)75/h18-21,48-50,83-84H,2-17,22-45H2,1H3,(H,60,73)(H,74,75)(H,76,77)(H,78,79)(H,80,81)(H2,61,62,82)/t48?,49-,50-/m0/s1. The summed E-state index contributed by atoms with van der Waals surface area (Å²) in [5, 5.41) is 63.1. The molecule has 1 aromatic carbocycles. The van der Waals surface area contributed by atoms with Crippen molar-refractivity contribution in [3.8, 4) is 0 Å². The number of nitrogens with zero attached hydrogens (tertiary/aromatic N) is 10. The Labute approximate surface area is 506 Å². The predicted molar refractivity (Wildman–Crippen MR) is 322 cm³/mol. The van der Waals surface area contributed by atoms with E-state index in [0.29, 0.717) is 77.9 Å². The van der Waals surface area contributed by atoms with E-state index in [0.717, 1.165) is 152 Å². The van der Waals surface area contributed by atoms with Gasteiger partial charge in [-0.05, 0) is 88.4 Å². The van der Waals surface area contributed by atoms with Crippen LogP contribution in [-0.4, -0.2) is 262 Å². The summed E-state index contributed by atoms with van der Waals surface area (Å²) in [7, 11) is 0. The summed E-state index contributed by atoms with van der Waals surface area (Å²) >= 11 is 0. The molecule has 1 aromatic heterocycles. The largest absolute Gasteiger partial charge is 0.481 e. The first-order valence-electron chi connectivity index (χ1n) is 31.3. The number of amides is 3. The molecular formula is C59H99N13O14. The monoisotopic (exact) mass is 1210 g/mol. The highest BCUT2D eigenvalue weighted by Gasteiger charge is 2.28. The summed E-state index contributed by atoms with van der Waals surface area (Å²) in [4.78, 5) is 111. The van der Waals surface area contributed by atoms with Crippen molar-refractivity contribution in [2.45, 2.75) is 147 Å². The Morgan fingerprint density at radius 1 is 0.558 bits per heavy atom. The summed E-state index contributed by atoms with van der Waals surface area (Å²) in [6, 6.07) is 4.73. The maximum atomic E-state index is 12.4. The fraction of sp³-hybridized carbons (Fsp3) is 0.746. The van der Waals surface area contributed by atoms with Gasteiger partial charge in [-0.2, -0.15) is 15.0 Å². The van der Waals surface area contributed by atoms with Crippen molar-refractivity contribution in [2.24, 2.45) is 0 Å². The zero-order chi connectivity index (χ0) is 61.9. The number of hydrogen-bond donors (Lipinski definition) is 9. The number of carboxylic acids is 4. The zero-order valence-electron chi connectivity index (χ0n) is 50.7. The molecule has 484 valence electrons. The molecule has 86 heavy (non-hydrogen) atoms. The lowest BCUT2D eigenvalue weighted by Crippen LogP contribution is -2.52. The minimum atomic E-state index is -1.48. The van der Waals surface area contributed by atoms with E-state index >= 15 is 0 Å². The maximum absolute atomic E-state index is 12.4. The number of urea groups is 1. The Kier molecular flexibility index (Phi) is 33.4. The fourth-order valence-corrected chi connectivity index (χ4v) is 11.3. The number of carbonyl (C=O) groups excluding carboxylic acids is 2. The van der Waals surface area contributed by atoms with Gasteiger partial charge in [0.1, 0.15) is 17.9 Å². The molecule has 1 unspecified atom stereocenters. The molecule has 0 spiro atoms. The minimum Gasteiger partial charge on any atom is -0.481 e. The number of piperidine rings is 1. The summed E-state index contributed by atoms with van der Waals surface area (Å²) in [5.74, 6) is -2.66. The van der Waals surface area contributed by atoms with Gasteiger partial charge in [-0.3, -0.25) is 44.5 Å². The van der Waals surface area contributed by atoms with E-state index in [1.54, 1.807) is 0 Å². The third-order valence-electron chi connectivity index (χ3n) is 16.5. The van der Waals surface area contributed by atoms with Crippen molar-refractivity contribution in [3.05, 3.63) is 41.2 Å². The van der Waals surface area contributed by atoms with Crippen LogP contribution in [-0.2, 0) is 46.6 Å². The molecule has 27 nitrogen and oxygen atoms in total. The molecule has 3 fully saturated rings. The molecule has 0 bridgehead atoms. The van der Waals surface area contributed by atoms with Gasteiger partial charge >= 0.3 is 29.9 Å². The average molecular weight is 1210 g/mol. The van der Waals surface area contributed by atoms with Crippen LogP contribution in [0.5, 0.6) is 0 Å². The SMILES string of the molecule is CCN1CCN(CCOO)CCN(CCOO)CCN(CC(=O)O)C(Cc2ccc(Cc3nc(N4CCCCC4)nc(N4CCN(CCCCCCCCCCC(=O)NCCCC[C@H](NC(=O)N[C@@H](CCC(=O)O)C(=O)O)C(=O)O)CC4)n3)cc2)C1. The third kappa shape index (κ3) is 27.8. The lowest BCUT2D eigenvalue weighted by molar-refractivity contribution is -0.245. The fourth-order valence-electron chi connectivity index (χ4n) is 11.3. The van der Waals surface area contributed by atoms with Crippen LogP contribution in [0.25, 0.3) is 0 Å². The third-order valence-corrected chi connectivity index (χ3v) is 16.5. The molecule has 0 radical (unpaired) electrons. The number of unbranched alkanes of at least 4 members (excludes halogenated alkanes) is 8. The second-order valence-electron chi connectivity index (χ2n) is 22.9. The number of carboxylic acid groups (broad SMARTS) is 4. The van der Waals surface area contributed by atoms with Crippen LogP contribution in [0.4, 0.5) is 16.7 Å². The number of carbonyl (C=O) groups is 6. The summed E-state index contributed by atoms with van der Waals surface area (Å²) < 4.78 is 0. The van der Waals surface area contributed by atoms with E-state index in [1.807, 2.05) is 0 Å². The smallest absolute Gasteiger partial charge is 0.326 e. The lowest BCUT2D eigenvalue weighted by Gasteiger charge is -2.38. The molecule has 0 saturated carbocycles. The van der Waals surface area contributed by atoms with E-state index < -0.39 is 48.4 Å². The summed E-state index contributed by atoms with van der Waals surface area (Å²) in [5.41, 5.74) is 2.20. The van der Waals surface area contributed by atoms with Gasteiger partial charge in [0.15, 0.2) is 0 Å². The van der Waals surface area contributed by atoms with Crippen molar-refractivity contribution < 1.29 is 69.5 Å². The number of aliphatic carboxylic acids is 4. The van der Waals surface area contributed by atoms with Gasteiger partial charge < -0.3 is 51.1 Å². The van der Waals surface area contributed by atoms with Crippen LogP contribution in [0.3, 0.4) is 0 Å². The van der Waals surface area contributed by atoms with Crippen molar-refractivity contribution in [3.63, 3.8) is 0 Å². The number of aromatic nitrogens is 3. The first-order valence-corrected chi connectivity index (χ1v) is 31.3. The second-order valence-corrected chi connectivity index (χ2v) is 22.9. The Bertz CT molecular complexity index is 2310. The highest BCUT2D eigenvalue weighted by atomic mass is 17.1. The number of piperazine rings is 1. The lowest BCUT2D eigenvalue weighted by atomic mass is 10.0. The van der Waals surface area contributed by atoms with Gasteiger partial charge in [0.2, 0.25) is 17.8 Å². The number of rotatable bonds is 38. The molecule has 4 heterocycles. The van der Waals surface area contributed by atoms with Gasteiger partial charge in [0.05, 0.1) is 19.8 Å². The molecule has 3 aliphatic rings. The van der Waals surface area contributed by atoms with Crippen LogP contribution in [0.1, 0.15) is 133 Å². The van der Waals surface area contributed by atoms with Crippen LogP contribution in [0, 0.1) is 0 Å². The van der Waals surface area contributed by atoms with E-state index in [1.165, 1.54) is 19.3 Å². The van der Waals surface area contributed by atoms with Gasteiger partial charge in [0.25, 0.3) is 0 Å². The Morgan fingerprint density at radius 2 is 1.08 bits per heavy atom. The summed E-state index contributed by atoms with van der Waals surface area (Å²) in [6.07, 6.45) is 13.8. The van der Waals surface area contributed by atoms with E-state index in [4.69, 9.17) is 30.6 Å². The molecule has 3 atom stereocenters. The molecule has 3 amide bonds. The van der Waals surface area contributed by atoms with Crippen molar-refractivity contribution in [1.29, 1.82) is 0 Å². The number of benzene rings is 1. The van der Waals surface area contributed by atoms with Gasteiger partial charge in [-0.25, -0.2) is 24.2 Å². The molecular weight excluding hydrogens is 1110 g/mol. The number of anilines is 2. The Balaban J connectivity index is 1.02. The van der Waals surface area contributed by atoms with E-state index in [-0.39, 0.29) is 44.5 Å². The minimum absolute atomic E-state index is 0.0601. The van der Waals surface area contributed by atoms with Crippen molar-refractivity contribution >= 4 is 47.7 Å². The Hall–Kier alpha value is -5.91. The highest BCUT2D eigenvalue weighted by molar-refractivity contribution is 5.86. The average Bonchev–Trinajstić information content (AvgIpc) is 2.55. The maximum Gasteiger partial charge on any atom is 0.326 e. The van der Waals surface area contributed by atoms with Crippen LogP contribution in [0.15, 0.2) is 24.3 Å². The first-order chi connectivity index (χ1) is 41.6. The molecule has 0 aliphatic carbocycles. The number of nitrogens with one attached hydrogen (secondary N) is 3. The molecule has 9 N–H and O–H groups in total. The second kappa shape index (κ2) is 40.5. The summed E-state index contributed by atoms with van der Waals surface area (Å²) in [6.45, 7) is 15.8. The topological polar surface area (TPSA) is 340 Å². The van der Waals surface area contributed by atoms with E-state index in [9.17, 15) is 44.1 Å². The van der Waals surface area contributed by atoms with Crippen molar-refractivity contribution in [2.75, 3.05) is 147 Å².